The highest BCUT2D eigenvalue weighted by Gasteiger charge is 2.26. The molecule has 2 atom stereocenters. The Morgan fingerprint density at radius 2 is 1.42 bits per heavy atom. The molecule has 33 heavy (non-hydrogen) atoms. The van der Waals surface area contributed by atoms with Crippen LogP contribution in [-0.4, -0.2) is 29.7 Å². The maximum absolute atomic E-state index is 5.76. The Kier molecular flexibility index (Phi) is 5.53. The van der Waals surface area contributed by atoms with E-state index in [9.17, 15) is 0 Å². The number of H-pyrrole nitrogens is 2. The highest BCUT2D eigenvalue weighted by atomic mass is 32.1. The van der Waals surface area contributed by atoms with E-state index in [1.54, 1.807) is 0 Å². The van der Waals surface area contributed by atoms with Gasteiger partial charge < -0.3 is 9.97 Å². The summed E-state index contributed by atoms with van der Waals surface area (Å²) in [6, 6.07) is 10.7. The van der Waals surface area contributed by atoms with Gasteiger partial charge in [-0.05, 0) is 67.3 Å². The number of aromatic amines is 2. The molecule has 2 N–H and O–H groups in total. The van der Waals surface area contributed by atoms with Gasteiger partial charge in [-0.25, -0.2) is 0 Å². The van der Waals surface area contributed by atoms with Crippen molar-refractivity contribution < 1.29 is 0 Å². The standard InChI is InChI=1S/C27H28N4S2/c1-6-7-18-22-9-13(2)19(29-22)11-21-16(5)27(33)24(31-21)12-23-26(32)15(4)20(30-23)10-17-8-14(3)25(18)28-17/h8-12,15-16,28-29H,6-7H2,1-5H3. The SMILES string of the molecule is CCCc1c2cc(C)c(cc3nc(cc4nc(cc5cc(C)c1[nH]5)C(C)C4=S)C(=S)C3C)[nH]2. The zero-order valence-electron chi connectivity index (χ0n) is 19.7. The second kappa shape index (κ2) is 8.26. The lowest BCUT2D eigenvalue weighted by Gasteiger charge is -2.02. The summed E-state index contributed by atoms with van der Waals surface area (Å²) in [4.78, 5) is 18.8. The Hall–Kier alpha value is -2.70. The summed E-state index contributed by atoms with van der Waals surface area (Å²) in [5.41, 5.74) is 11.7. The Labute approximate surface area is 204 Å². The molecule has 3 aromatic heterocycles. The van der Waals surface area contributed by atoms with Gasteiger partial charge in [0, 0.05) is 43.6 Å². The van der Waals surface area contributed by atoms with Crippen LogP contribution >= 0.6 is 24.4 Å². The molecule has 0 amide bonds. The average molecular weight is 473 g/mol. The predicted molar refractivity (Wildman–Crippen MR) is 145 cm³/mol. The van der Waals surface area contributed by atoms with Crippen LogP contribution < -0.4 is 0 Å². The van der Waals surface area contributed by atoms with Crippen LogP contribution in [0.5, 0.6) is 0 Å². The highest BCUT2D eigenvalue weighted by molar-refractivity contribution is 7.81. The summed E-state index contributed by atoms with van der Waals surface area (Å²) in [5, 5.41) is 0. The smallest absolute Gasteiger partial charge is 0.0801 e. The second-order valence-corrected chi connectivity index (χ2v) is 10.1. The van der Waals surface area contributed by atoms with Gasteiger partial charge in [-0.1, -0.05) is 51.6 Å². The van der Waals surface area contributed by atoms with Gasteiger partial charge in [-0.3, -0.25) is 9.97 Å². The molecule has 2 aliphatic rings. The number of hydrogen-bond donors (Lipinski definition) is 2. The molecule has 0 spiro atoms. The minimum Gasteiger partial charge on any atom is -0.355 e. The van der Waals surface area contributed by atoms with Crippen molar-refractivity contribution in [3.8, 4) is 0 Å². The molecule has 0 aromatic carbocycles. The topological polar surface area (TPSA) is 57.4 Å². The first-order chi connectivity index (χ1) is 15.8. The minimum atomic E-state index is 0.0722. The van der Waals surface area contributed by atoms with Gasteiger partial charge in [0.05, 0.1) is 22.8 Å². The van der Waals surface area contributed by atoms with Gasteiger partial charge >= 0.3 is 0 Å². The first kappa shape index (κ1) is 22.1. The van der Waals surface area contributed by atoms with E-state index in [2.05, 4.69) is 68.9 Å². The fourth-order valence-corrected chi connectivity index (χ4v) is 5.21. The lowest BCUT2D eigenvalue weighted by atomic mass is 10.0. The maximum Gasteiger partial charge on any atom is 0.0801 e. The summed E-state index contributed by atoms with van der Waals surface area (Å²) >= 11 is 11.5. The van der Waals surface area contributed by atoms with E-state index in [1.807, 2.05) is 6.07 Å². The number of nitrogens with zero attached hydrogens (tertiary/aromatic N) is 2. The number of thiocarbonyl (C=S) groups is 2. The van der Waals surface area contributed by atoms with Crippen LogP contribution in [0.1, 0.15) is 78.5 Å². The summed E-state index contributed by atoms with van der Waals surface area (Å²) in [7, 11) is 0. The van der Waals surface area contributed by atoms with Crippen molar-refractivity contribution in [2.75, 3.05) is 0 Å². The lowest BCUT2D eigenvalue weighted by Crippen LogP contribution is -2.02. The third-order valence-electron chi connectivity index (χ3n) is 6.76. The van der Waals surface area contributed by atoms with Crippen molar-refractivity contribution in [1.29, 1.82) is 0 Å². The first-order valence-electron chi connectivity index (χ1n) is 11.6. The summed E-state index contributed by atoms with van der Waals surface area (Å²) in [6.07, 6.45) is 2.04. The van der Waals surface area contributed by atoms with Gasteiger partial charge in [-0.2, -0.15) is 0 Å². The molecule has 168 valence electrons. The van der Waals surface area contributed by atoms with Crippen LogP contribution in [0.25, 0.3) is 22.1 Å². The number of aryl methyl sites for hydroxylation is 3. The van der Waals surface area contributed by atoms with E-state index < -0.39 is 0 Å². The van der Waals surface area contributed by atoms with E-state index in [0.29, 0.717) is 0 Å². The monoisotopic (exact) mass is 472 g/mol. The fourth-order valence-electron chi connectivity index (χ4n) is 4.76. The molecule has 0 aliphatic carbocycles. The average Bonchev–Trinajstić information content (AvgIpc) is 3.47. The van der Waals surface area contributed by atoms with Gasteiger partial charge in [0.25, 0.3) is 0 Å². The van der Waals surface area contributed by atoms with E-state index in [-0.39, 0.29) is 11.8 Å². The van der Waals surface area contributed by atoms with E-state index >= 15 is 0 Å². The Balaban J connectivity index is 1.95. The van der Waals surface area contributed by atoms with Gasteiger partial charge in [-0.15, -0.1) is 0 Å². The lowest BCUT2D eigenvalue weighted by molar-refractivity contribution is 0.931. The number of nitrogens with one attached hydrogen (secondary N) is 2. The second-order valence-electron chi connectivity index (χ2n) is 9.24. The zero-order valence-corrected chi connectivity index (χ0v) is 21.3. The van der Waals surface area contributed by atoms with Gasteiger partial charge in [0.2, 0.25) is 0 Å². The van der Waals surface area contributed by atoms with Crippen molar-refractivity contribution >= 4 is 56.2 Å². The van der Waals surface area contributed by atoms with Crippen LogP contribution in [0.2, 0.25) is 0 Å². The molecular weight excluding hydrogens is 444 g/mol. The molecule has 0 radical (unpaired) electrons. The summed E-state index contributed by atoms with van der Waals surface area (Å²) < 4.78 is 0. The van der Waals surface area contributed by atoms with E-state index in [0.717, 1.165) is 61.9 Å². The maximum atomic E-state index is 5.76. The normalized spacial score (nSPS) is 18.2. The molecule has 5 heterocycles. The van der Waals surface area contributed by atoms with Crippen molar-refractivity contribution in [3.63, 3.8) is 0 Å². The zero-order chi connectivity index (χ0) is 23.4. The third-order valence-corrected chi connectivity index (χ3v) is 7.89. The molecule has 5 rings (SSSR count). The predicted octanol–water partition coefficient (Wildman–Crippen LogP) is 6.93. The van der Waals surface area contributed by atoms with E-state index in [1.165, 1.54) is 22.2 Å². The van der Waals surface area contributed by atoms with Crippen LogP contribution in [0.3, 0.4) is 0 Å². The third kappa shape index (κ3) is 3.75. The Bertz CT molecular complexity index is 1470. The number of hydrogen-bond acceptors (Lipinski definition) is 4. The van der Waals surface area contributed by atoms with Crippen molar-refractivity contribution in [2.45, 2.75) is 59.3 Å². The molecule has 8 bridgehead atoms. The molecule has 4 nitrogen and oxygen atoms in total. The molecule has 3 aromatic rings. The van der Waals surface area contributed by atoms with Crippen LogP contribution in [0.15, 0.2) is 30.3 Å². The molecular formula is C27H28N4S2. The van der Waals surface area contributed by atoms with Crippen LogP contribution in [0.4, 0.5) is 0 Å². The number of fused-ring (bicyclic) bond motifs is 8. The fraction of sp³-hybridized carbons (Fsp3) is 0.333. The van der Waals surface area contributed by atoms with E-state index in [4.69, 9.17) is 34.4 Å². The summed E-state index contributed by atoms with van der Waals surface area (Å²) in [6.45, 7) is 10.8. The van der Waals surface area contributed by atoms with Gasteiger partial charge in [0.1, 0.15) is 0 Å². The van der Waals surface area contributed by atoms with Crippen molar-refractivity contribution in [3.05, 3.63) is 69.8 Å². The molecule has 6 heteroatoms. The Morgan fingerprint density at radius 3 is 2.06 bits per heavy atom. The van der Waals surface area contributed by atoms with Crippen LogP contribution in [-0.2, 0) is 6.42 Å². The largest absolute Gasteiger partial charge is 0.355 e. The molecule has 2 unspecified atom stereocenters. The minimum absolute atomic E-state index is 0.0722. The highest BCUT2D eigenvalue weighted by Crippen LogP contribution is 2.30. The van der Waals surface area contributed by atoms with Crippen LogP contribution in [0, 0.1) is 13.8 Å². The quantitative estimate of drug-likeness (QED) is 0.397. The van der Waals surface area contributed by atoms with Crippen molar-refractivity contribution in [2.24, 2.45) is 0 Å². The number of aromatic nitrogens is 4. The molecule has 0 saturated heterocycles. The molecule has 0 fully saturated rings. The first-order valence-corrected chi connectivity index (χ1v) is 12.4. The Morgan fingerprint density at radius 1 is 0.788 bits per heavy atom. The van der Waals surface area contributed by atoms with Crippen molar-refractivity contribution in [1.82, 2.24) is 19.9 Å². The molecule has 2 aliphatic heterocycles. The molecule has 0 saturated carbocycles. The summed E-state index contributed by atoms with van der Waals surface area (Å²) in [5.74, 6) is 0.146. The number of rotatable bonds is 2. The van der Waals surface area contributed by atoms with Gasteiger partial charge in [0.15, 0.2) is 0 Å².